The van der Waals surface area contributed by atoms with Gasteiger partial charge in [-0.1, -0.05) is 9.24 Å². The zero-order valence-corrected chi connectivity index (χ0v) is 12.9. The lowest BCUT2D eigenvalue weighted by molar-refractivity contribution is -0.143. The fourth-order valence-corrected chi connectivity index (χ4v) is 1.46. The van der Waals surface area contributed by atoms with Gasteiger partial charge in [-0.15, -0.1) is 18.5 Å². The van der Waals surface area contributed by atoms with Gasteiger partial charge in [0.2, 0.25) is 5.91 Å². The molecule has 0 bridgehead atoms. The van der Waals surface area contributed by atoms with Crippen LogP contribution in [-0.4, -0.2) is 48.4 Å². The molecule has 102 valence electrons. The molecule has 0 aliphatic rings. The summed E-state index contributed by atoms with van der Waals surface area (Å²) in [6.45, 7) is -0.134. The molecule has 4 unspecified atom stereocenters. The minimum atomic E-state index is -0.949. The van der Waals surface area contributed by atoms with Gasteiger partial charge in [-0.3, -0.25) is 19.2 Å². The molecule has 0 aliphatic heterocycles. The lowest BCUT2D eigenvalue weighted by Gasteiger charge is -2.14. The van der Waals surface area contributed by atoms with Crippen LogP contribution in [0.3, 0.4) is 0 Å². The van der Waals surface area contributed by atoms with E-state index in [1.165, 1.54) is 0 Å². The summed E-state index contributed by atoms with van der Waals surface area (Å²) in [4.78, 5) is 43.7. The Labute approximate surface area is 111 Å². The van der Waals surface area contributed by atoms with Crippen LogP contribution in [0.5, 0.6) is 0 Å². The molecule has 0 spiro atoms. The van der Waals surface area contributed by atoms with E-state index in [1.807, 2.05) is 9.24 Å². The van der Waals surface area contributed by atoms with E-state index in [1.54, 1.807) is 0 Å². The van der Waals surface area contributed by atoms with Crippen molar-refractivity contribution >= 4 is 51.5 Å². The van der Waals surface area contributed by atoms with Crippen molar-refractivity contribution in [3.63, 3.8) is 0 Å². The Kier molecular flexibility index (Phi) is 8.99. The SMILES string of the molecule is O=CO[C@H](CP)C(=O)NCC(=O)NC(P)C(=O)P. The quantitative estimate of drug-likeness (QED) is 0.408. The molecule has 5 atom stereocenters. The monoisotopic (exact) mass is 312 g/mol. The van der Waals surface area contributed by atoms with Crippen LogP contribution >= 0.6 is 27.7 Å². The first-order valence-corrected chi connectivity index (χ1v) is 6.89. The second kappa shape index (κ2) is 9.32. The normalized spacial score (nSPS) is 13.1. The number of hydrogen-bond donors (Lipinski definition) is 2. The maximum atomic E-state index is 11.4. The van der Waals surface area contributed by atoms with Crippen molar-refractivity contribution in [1.82, 2.24) is 10.6 Å². The van der Waals surface area contributed by atoms with Gasteiger partial charge in [0, 0.05) is 6.16 Å². The van der Waals surface area contributed by atoms with Crippen LogP contribution in [0, 0.1) is 0 Å². The maximum absolute atomic E-state index is 11.4. The second-order valence-electron chi connectivity index (χ2n) is 3.12. The van der Waals surface area contributed by atoms with Gasteiger partial charge in [0.15, 0.2) is 11.6 Å². The van der Waals surface area contributed by atoms with E-state index in [-0.39, 0.29) is 24.7 Å². The smallest absolute Gasteiger partial charge is 0.293 e. The first kappa shape index (κ1) is 17.4. The van der Waals surface area contributed by atoms with Gasteiger partial charge in [-0.25, -0.2) is 0 Å². The molecule has 0 fully saturated rings. The summed E-state index contributed by atoms with van der Waals surface area (Å²) in [6.07, 6.45) is -0.724. The number of ether oxygens (including phenoxy) is 1. The van der Waals surface area contributed by atoms with E-state index in [4.69, 9.17) is 0 Å². The van der Waals surface area contributed by atoms with E-state index in [0.717, 1.165) is 0 Å². The number of hydrogen-bond acceptors (Lipinski definition) is 5. The van der Waals surface area contributed by atoms with Crippen molar-refractivity contribution in [1.29, 1.82) is 0 Å². The highest BCUT2D eigenvalue weighted by Crippen LogP contribution is 2.02. The Morgan fingerprint density at radius 2 is 1.94 bits per heavy atom. The molecular formula is C8H15N2O5P3. The van der Waals surface area contributed by atoms with Crippen molar-refractivity contribution < 1.29 is 23.9 Å². The minimum Gasteiger partial charge on any atom is -0.454 e. The molecule has 0 saturated carbocycles. The molecule has 0 aromatic rings. The number of carbonyl (C=O) groups is 4. The van der Waals surface area contributed by atoms with E-state index in [0.29, 0.717) is 0 Å². The molecule has 0 rings (SSSR count). The number of carbonyl (C=O) groups excluding carboxylic acids is 4. The molecule has 0 aromatic heterocycles. The summed E-state index contributed by atoms with van der Waals surface area (Å²) < 4.78 is 4.50. The molecule has 2 N–H and O–H groups in total. The minimum absolute atomic E-state index is 0.167. The summed E-state index contributed by atoms with van der Waals surface area (Å²) in [5, 5.41) is 4.63. The Morgan fingerprint density at radius 3 is 2.39 bits per heavy atom. The van der Waals surface area contributed by atoms with Crippen molar-refractivity contribution in [3.05, 3.63) is 0 Å². The van der Waals surface area contributed by atoms with Gasteiger partial charge < -0.3 is 15.4 Å². The average molecular weight is 312 g/mol. The van der Waals surface area contributed by atoms with E-state index < -0.39 is 23.7 Å². The summed E-state index contributed by atoms with van der Waals surface area (Å²) in [6, 6.07) is 0. The number of amides is 2. The standard InChI is InChI=1S/C8H15N2O5P3/c11-3-15-4(2-16)6(13)9-1-5(12)10-7(17)8(14)18/h3-4,7H,1-2,16-18H2,(H,9,13)(H,10,12)/t4-,7?/m1/s1. The van der Waals surface area contributed by atoms with Crippen LogP contribution in [0.4, 0.5) is 0 Å². The van der Waals surface area contributed by atoms with Gasteiger partial charge in [-0.2, -0.15) is 0 Å². The molecule has 0 radical (unpaired) electrons. The predicted octanol–water partition coefficient (Wildman–Crippen LogP) is -1.76. The average Bonchev–Trinajstić information content (AvgIpc) is 2.32. The first-order chi connectivity index (χ1) is 8.42. The fourth-order valence-electron chi connectivity index (χ4n) is 0.868. The Morgan fingerprint density at radius 1 is 1.33 bits per heavy atom. The lowest BCUT2D eigenvalue weighted by atomic mass is 10.3. The molecule has 2 amide bonds. The van der Waals surface area contributed by atoms with Crippen molar-refractivity contribution in [3.8, 4) is 0 Å². The number of nitrogens with one attached hydrogen (secondary N) is 2. The molecule has 0 saturated heterocycles. The van der Waals surface area contributed by atoms with E-state index >= 15 is 0 Å². The summed E-state index contributed by atoms with van der Waals surface area (Å²) in [5.74, 6) is -1.82. The zero-order valence-electron chi connectivity index (χ0n) is 9.42. The van der Waals surface area contributed by atoms with Crippen LogP contribution in [0.2, 0.25) is 0 Å². The Balaban J connectivity index is 4.08. The first-order valence-electron chi connectivity index (χ1n) is 4.83. The van der Waals surface area contributed by atoms with Gasteiger partial charge in [0.05, 0.1) is 6.54 Å². The van der Waals surface area contributed by atoms with Crippen molar-refractivity contribution in [2.45, 2.75) is 11.9 Å². The lowest BCUT2D eigenvalue weighted by Crippen LogP contribution is -2.45. The molecule has 0 heterocycles. The molecular weight excluding hydrogens is 297 g/mol. The summed E-state index contributed by atoms with van der Waals surface area (Å²) in [7, 11) is 6.33. The molecule has 10 heteroatoms. The van der Waals surface area contributed by atoms with Crippen LogP contribution in [0.25, 0.3) is 0 Å². The summed E-state index contributed by atoms with van der Waals surface area (Å²) in [5.41, 5.74) is -0.299. The van der Waals surface area contributed by atoms with E-state index in [2.05, 4.69) is 33.9 Å². The highest BCUT2D eigenvalue weighted by atomic mass is 31.0. The topological polar surface area (TPSA) is 102 Å². The number of rotatable bonds is 8. The zero-order chi connectivity index (χ0) is 14.1. The Hall–Kier alpha value is -0.630. The third-order valence-corrected chi connectivity index (χ3v) is 3.44. The van der Waals surface area contributed by atoms with Crippen LogP contribution < -0.4 is 10.6 Å². The highest BCUT2D eigenvalue weighted by Gasteiger charge is 2.18. The molecule has 0 aliphatic carbocycles. The molecule has 0 aromatic carbocycles. The summed E-state index contributed by atoms with van der Waals surface area (Å²) >= 11 is 0. The second-order valence-corrected chi connectivity index (χ2v) is 4.83. The maximum Gasteiger partial charge on any atom is 0.293 e. The van der Waals surface area contributed by atoms with Gasteiger partial charge in [0.25, 0.3) is 12.4 Å². The third kappa shape index (κ3) is 6.95. The van der Waals surface area contributed by atoms with Crippen LogP contribution in [-0.2, 0) is 23.9 Å². The Bertz CT molecular complexity index is 339. The van der Waals surface area contributed by atoms with Crippen molar-refractivity contribution in [2.24, 2.45) is 0 Å². The van der Waals surface area contributed by atoms with Crippen LogP contribution in [0.1, 0.15) is 0 Å². The molecule has 18 heavy (non-hydrogen) atoms. The van der Waals surface area contributed by atoms with Gasteiger partial charge in [0.1, 0.15) is 5.78 Å². The van der Waals surface area contributed by atoms with Crippen LogP contribution in [0.15, 0.2) is 0 Å². The van der Waals surface area contributed by atoms with Gasteiger partial charge >= 0.3 is 0 Å². The predicted molar refractivity (Wildman–Crippen MR) is 74.9 cm³/mol. The third-order valence-electron chi connectivity index (χ3n) is 1.77. The van der Waals surface area contributed by atoms with Gasteiger partial charge in [-0.05, 0) is 0 Å². The van der Waals surface area contributed by atoms with Crippen molar-refractivity contribution in [2.75, 3.05) is 12.7 Å². The fraction of sp³-hybridized carbons (Fsp3) is 0.500. The van der Waals surface area contributed by atoms with E-state index in [9.17, 15) is 19.2 Å². The highest BCUT2D eigenvalue weighted by molar-refractivity contribution is 7.43. The largest absolute Gasteiger partial charge is 0.454 e. The molecule has 7 nitrogen and oxygen atoms in total.